The van der Waals surface area contributed by atoms with Crippen LogP contribution in [-0.4, -0.2) is 42.0 Å². The number of amides is 1. The number of ether oxygens (including phenoxy) is 3. The van der Waals surface area contributed by atoms with Crippen molar-refractivity contribution in [3.8, 4) is 17.2 Å². The van der Waals surface area contributed by atoms with Crippen LogP contribution in [0.5, 0.6) is 17.2 Å². The summed E-state index contributed by atoms with van der Waals surface area (Å²) in [6.45, 7) is 2.96. The zero-order valence-electron chi connectivity index (χ0n) is 19.5. The minimum absolute atomic E-state index is 0.0418. The number of fused-ring (bicyclic) bond motifs is 1. The van der Waals surface area contributed by atoms with E-state index in [-0.39, 0.29) is 17.9 Å². The Balaban J connectivity index is 1.62. The number of aliphatic hydroxyl groups excluding tert-OH is 1. The van der Waals surface area contributed by atoms with Gasteiger partial charge < -0.3 is 24.2 Å². The van der Waals surface area contributed by atoms with Crippen molar-refractivity contribution in [3.63, 3.8) is 0 Å². The van der Waals surface area contributed by atoms with Crippen molar-refractivity contribution in [2.75, 3.05) is 20.3 Å². The first-order chi connectivity index (χ1) is 17.0. The van der Waals surface area contributed by atoms with E-state index < -0.39 is 17.7 Å². The first kappa shape index (κ1) is 22.5. The average Bonchev–Trinajstić information content (AvgIpc) is 3.13. The Morgan fingerprint density at radius 2 is 1.77 bits per heavy atom. The summed E-state index contributed by atoms with van der Waals surface area (Å²) >= 11 is 0. The molecule has 178 valence electrons. The number of methoxy groups -OCH3 is 1. The maximum absolute atomic E-state index is 13.3. The zero-order chi connectivity index (χ0) is 24.5. The normalized spacial score (nSPS) is 18.6. The van der Waals surface area contributed by atoms with Gasteiger partial charge in [0.25, 0.3) is 11.7 Å². The van der Waals surface area contributed by atoms with Crippen molar-refractivity contribution < 1.29 is 28.9 Å². The van der Waals surface area contributed by atoms with Crippen LogP contribution in [0.3, 0.4) is 0 Å². The molecule has 0 bridgehead atoms. The molecule has 0 aliphatic carbocycles. The van der Waals surface area contributed by atoms with Crippen LogP contribution in [0.25, 0.3) is 5.76 Å². The summed E-state index contributed by atoms with van der Waals surface area (Å²) < 4.78 is 16.5. The third-order valence-corrected chi connectivity index (χ3v) is 6.20. The number of Topliss-reactive ketones (excluding diaryl/α,β-unsaturated/α-hetero) is 1. The summed E-state index contributed by atoms with van der Waals surface area (Å²) in [6, 6.07) is 19.2. The summed E-state index contributed by atoms with van der Waals surface area (Å²) in [7, 11) is 1.57. The van der Waals surface area contributed by atoms with Gasteiger partial charge in [-0.3, -0.25) is 9.59 Å². The molecule has 0 spiro atoms. The highest BCUT2D eigenvalue weighted by Crippen LogP contribution is 2.42. The van der Waals surface area contributed by atoms with Gasteiger partial charge in [-0.25, -0.2) is 0 Å². The number of benzene rings is 3. The van der Waals surface area contributed by atoms with Crippen molar-refractivity contribution in [3.05, 3.63) is 94.6 Å². The van der Waals surface area contributed by atoms with Crippen LogP contribution in [-0.2, 0) is 16.1 Å². The fourth-order valence-corrected chi connectivity index (χ4v) is 4.54. The molecule has 0 saturated carbocycles. The number of likely N-dealkylation sites (tertiary alicyclic amines) is 1. The van der Waals surface area contributed by atoms with E-state index in [1.165, 1.54) is 4.90 Å². The van der Waals surface area contributed by atoms with E-state index in [1.807, 2.05) is 55.5 Å². The summed E-state index contributed by atoms with van der Waals surface area (Å²) in [5, 5.41) is 11.3. The molecule has 3 aromatic carbocycles. The topological polar surface area (TPSA) is 85.3 Å². The molecule has 2 aliphatic heterocycles. The lowest BCUT2D eigenvalue weighted by Crippen LogP contribution is -2.29. The molecule has 1 N–H and O–H groups in total. The Hall–Kier alpha value is -4.26. The number of hydrogen-bond acceptors (Lipinski definition) is 6. The fourth-order valence-electron chi connectivity index (χ4n) is 4.54. The summed E-state index contributed by atoms with van der Waals surface area (Å²) in [6.07, 6.45) is 0. The molecule has 1 atom stereocenters. The number of aliphatic hydroxyl groups is 1. The molecular formula is C28H25NO6. The summed E-state index contributed by atoms with van der Waals surface area (Å²) in [5.41, 5.74) is 2.95. The second-order valence-electron chi connectivity index (χ2n) is 8.55. The lowest BCUT2D eigenvalue weighted by molar-refractivity contribution is -0.140. The fraction of sp³-hybridized carbons (Fsp3) is 0.214. The molecule has 0 radical (unpaired) electrons. The van der Waals surface area contributed by atoms with E-state index in [1.54, 1.807) is 25.3 Å². The minimum Gasteiger partial charge on any atom is -0.507 e. The highest BCUT2D eigenvalue weighted by atomic mass is 16.6. The number of carbonyl (C=O) groups excluding carboxylic acids is 2. The molecule has 2 aliphatic rings. The number of aryl methyl sites for hydroxylation is 1. The number of rotatable bonds is 5. The van der Waals surface area contributed by atoms with Crippen molar-refractivity contribution in [2.45, 2.75) is 19.5 Å². The molecule has 1 amide bonds. The smallest absolute Gasteiger partial charge is 0.295 e. The van der Waals surface area contributed by atoms with Gasteiger partial charge in [0.15, 0.2) is 11.5 Å². The van der Waals surface area contributed by atoms with E-state index in [9.17, 15) is 14.7 Å². The van der Waals surface area contributed by atoms with Crippen molar-refractivity contribution in [2.24, 2.45) is 0 Å². The van der Waals surface area contributed by atoms with E-state index in [4.69, 9.17) is 14.2 Å². The summed E-state index contributed by atoms with van der Waals surface area (Å²) in [5.74, 6) is 0.0622. The Morgan fingerprint density at radius 3 is 2.54 bits per heavy atom. The van der Waals surface area contributed by atoms with Crippen LogP contribution in [0.1, 0.15) is 28.3 Å². The molecule has 0 aromatic heterocycles. The zero-order valence-corrected chi connectivity index (χ0v) is 19.5. The maximum atomic E-state index is 13.3. The predicted octanol–water partition coefficient (Wildman–Crippen LogP) is 4.40. The van der Waals surface area contributed by atoms with Gasteiger partial charge in [0.1, 0.15) is 24.7 Å². The van der Waals surface area contributed by atoms with Gasteiger partial charge in [-0.15, -0.1) is 0 Å². The Labute approximate surface area is 203 Å². The molecule has 5 rings (SSSR count). The largest absolute Gasteiger partial charge is 0.507 e. The maximum Gasteiger partial charge on any atom is 0.295 e. The Bertz CT molecular complexity index is 1340. The van der Waals surface area contributed by atoms with E-state index in [0.29, 0.717) is 36.0 Å². The van der Waals surface area contributed by atoms with Crippen LogP contribution in [0.2, 0.25) is 0 Å². The number of ketones is 1. The molecular weight excluding hydrogens is 446 g/mol. The molecule has 1 saturated heterocycles. The molecule has 1 unspecified atom stereocenters. The van der Waals surface area contributed by atoms with Gasteiger partial charge in [-0.05, 0) is 48.4 Å². The van der Waals surface area contributed by atoms with Crippen molar-refractivity contribution in [1.82, 2.24) is 4.90 Å². The van der Waals surface area contributed by atoms with Crippen LogP contribution in [0.4, 0.5) is 0 Å². The molecule has 3 aromatic rings. The number of nitrogens with zero attached hydrogens (tertiary/aromatic N) is 1. The van der Waals surface area contributed by atoms with Crippen LogP contribution in [0, 0.1) is 6.92 Å². The van der Waals surface area contributed by atoms with E-state index in [0.717, 1.165) is 16.7 Å². The van der Waals surface area contributed by atoms with Crippen LogP contribution < -0.4 is 14.2 Å². The van der Waals surface area contributed by atoms with Gasteiger partial charge in [-0.2, -0.15) is 0 Å². The van der Waals surface area contributed by atoms with Crippen molar-refractivity contribution in [1.29, 1.82) is 0 Å². The van der Waals surface area contributed by atoms with Crippen molar-refractivity contribution >= 4 is 17.4 Å². The summed E-state index contributed by atoms with van der Waals surface area (Å²) in [4.78, 5) is 28.1. The molecule has 1 fully saturated rings. The lowest BCUT2D eigenvalue weighted by atomic mass is 9.94. The third kappa shape index (κ3) is 4.21. The highest BCUT2D eigenvalue weighted by Gasteiger charge is 2.46. The molecule has 35 heavy (non-hydrogen) atoms. The number of carbonyl (C=O) groups is 2. The SMILES string of the molecule is COc1cccc(CN2C(=O)C(=O)/C(=C(\O)c3ccc4c(c3)OCCO4)C2c2cccc(C)c2)c1. The molecule has 2 heterocycles. The second-order valence-corrected chi connectivity index (χ2v) is 8.55. The van der Waals surface area contributed by atoms with Crippen LogP contribution >= 0.6 is 0 Å². The molecule has 7 nitrogen and oxygen atoms in total. The third-order valence-electron chi connectivity index (χ3n) is 6.20. The molecule has 7 heteroatoms. The second kappa shape index (κ2) is 9.18. The van der Waals surface area contributed by atoms with E-state index >= 15 is 0 Å². The Morgan fingerprint density at radius 1 is 1.00 bits per heavy atom. The first-order valence-electron chi connectivity index (χ1n) is 11.3. The highest BCUT2D eigenvalue weighted by molar-refractivity contribution is 6.46. The van der Waals surface area contributed by atoms with Crippen LogP contribution in [0.15, 0.2) is 72.3 Å². The van der Waals surface area contributed by atoms with Gasteiger partial charge in [-0.1, -0.05) is 42.0 Å². The van der Waals surface area contributed by atoms with Gasteiger partial charge >= 0.3 is 0 Å². The standard InChI is InChI=1S/C28H25NO6/c1-17-5-3-7-19(13-17)25-24(26(30)20-9-10-22-23(15-20)35-12-11-34-22)27(31)28(32)29(25)16-18-6-4-8-21(14-18)33-2/h3-10,13-15,25,30H,11-12,16H2,1-2H3/b26-24-. The minimum atomic E-state index is -0.755. The lowest BCUT2D eigenvalue weighted by Gasteiger charge is -2.26. The van der Waals surface area contributed by atoms with Gasteiger partial charge in [0, 0.05) is 12.1 Å². The monoisotopic (exact) mass is 471 g/mol. The average molecular weight is 472 g/mol. The Kier molecular flexibility index (Phi) is 5.91. The quantitative estimate of drug-likeness (QED) is 0.337. The first-order valence-corrected chi connectivity index (χ1v) is 11.3. The van der Waals surface area contributed by atoms with Gasteiger partial charge in [0.05, 0.1) is 18.7 Å². The van der Waals surface area contributed by atoms with Gasteiger partial charge in [0.2, 0.25) is 0 Å². The number of hydrogen-bond donors (Lipinski definition) is 1. The van der Waals surface area contributed by atoms with E-state index in [2.05, 4.69) is 0 Å². The predicted molar refractivity (Wildman–Crippen MR) is 129 cm³/mol.